The van der Waals surface area contributed by atoms with Crippen LogP contribution in [0.15, 0.2) is 18.2 Å². The quantitative estimate of drug-likeness (QED) is 0.850. The van der Waals surface area contributed by atoms with E-state index in [1.807, 2.05) is 19.1 Å². The summed E-state index contributed by atoms with van der Waals surface area (Å²) in [5.74, 6) is 1.68. The molecule has 19 heavy (non-hydrogen) atoms. The lowest BCUT2D eigenvalue weighted by molar-refractivity contribution is 0.308. The molecule has 1 aromatic rings. The van der Waals surface area contributed by atoms with Crippen molar-refractivity contribution in [2.75, 3.05) is 33.9 Å². The molecule has 4 nitrogen and oxygen atoms in total. The van der Waals surface area contributed by atoms with E-state index in [9.17, 15) is 0 Å². The summed E-state index contributed by atoms with van der Waals surface area (Å²) >= 11 is 0. The van der Waals surface area contributed by atoms with Crippen LogP contribution in [-0.4, -0.2) is 44.8 Å². The Morgan fingerprint density at radius 1 is 1.42 bits per heavy atom. The van der Waals surface area contributed by atoms with Gasteiger partial charge in [0.25, 0.3) is 0 Å². The Kier molecular flexibility index (Phi) is 5.05. The third-order valence-electron chi connectivity index (χ3n) is 3.54. The van der Waals surface area contributed by atoms with Gasteiger partial charge in [0.1, 0.15) is 0 Å². The third kappa shape index (κ3) is 3.61. The van der Waals surface area contributed by atoms with E-state index >= 15 is 0 Å². The summed E-state index contributed by atoms with van der Waals surface area (Å²) in [6.07, 6.45) is 1.21. The molecule has 1 aliphatic heterocycles. The number of ether oxygens (including phenoxy) is 2. The fourth-order valence-electron chi connectivity index (χ4n) is 2.56. The molecule has 1 unspecified atom stereocenters. The Hall–Kier alpha value is -1.26. The van der Waals surface area contributed by atoms with Gasteiger partial charge in [-0.15, -0.1) is 0 Å². The predicted molar refractivity (Wildman–Crippen MR) is 76.9 cm³/mol. The molecule has 1 saturated heterocycles. The van der Waals surface area contributed by atoms with Crippen molar-refractivity contribution in [2.45, 2.75) is 25.9 Å². The van der Waals surface area contributed by atoms with Crippen LogP contribution in [0.1, 0.15) is 18.9 Å². The van der Waals surface area contributed by atoms with Gasteiger partial charge in [-0.25, -0.2) is 0 Å². The molecule has 1 atom stereocenters. The van der Waals surface area contributed by atoms with E-state index in [0.29, 0.717) is 12.6 Å². The Balaban J connectivity index is 2.00. The number of para-hydroxylation sites is 1. The molecule has 2 rings (SSSR count). The lowest BCUT2D eigenvalue weighted by Crippen LogP contribution is -2.31. The van der Waals surface area contributed by atoms with Crippen LogP contribution in [0.5, 0.6) is 11.5 Å². The normalized spacial score (nSPS) is 19.6. The van der Waals surface area contributed by atoms with Gasteiger partial charge in [-0.2, -0.15) is 0 Å². The highest BCUT2D eigenvalue weighted by Crippen LogP contribution is 2.31. The van der Waals surface area contributed by atoms with Gasteiger partial charge in [-0.1, -0.05) is 12.1 Å². The Morgan fingerprint density at radius 3 is 2.89 bits per heavy atom. The van der Waals surface area contributed by atoms with E-state index in [2.05, 4.69) is 23.3 Å². The molecule has 1 heterocycles. The van der Waals surface area contributed by atoms with Crippen LogP contribution >= 0.6 is 0 Å². The first-order valence-electron chi connectivity index (χ1n) is 6.95. The highest BCUT2D eigenvalue weighted by molar-refractivity contribution is 5.46. The molecule has 0 radical (unpaired) electrons. The van der Waals surface area contributed by atoms with Crippen molar-refractivity contribution in [1.29, 1.82) is 0 Å². The highest BCUT2D eigenvalue weighted by Gasteiger charge is 2.19. The Labute approximate surface area is 115 Å². The van der Waals surface area contributed by atoms with E-state index in [4.69, 9.17) is 9.47 Å². The number of rotatable bonds is 6. The molecule has 0 amide bonds. The number of likely N-dealkylation sites (N-methyl/N-ethyl adjacent to an activating group) is 1. The Morgan fingerprint density at radius 2 is 2.26 bits per heavy atom. The van der Waals surface area contributed by atoms with E-state index in [-0.39, 0.29) is 0 Å². The van der Waals surface area contributed by atoms with Crippen LogP contribution in [0.3, 0.4) is 0 Å². The van der Waals surface area contributed by atoms with Crippen LogP contribution in [0, 0.1) is 0 Å². The van der Waals surface area contributed by atoms with Crippen molar-refractivity contribution in [3.63, 3.8) is 0 Å². The van der Waals surface area contributed by atoms with E-state index < -0.39 is 0 Å². The van der Waals surface area contributed by atoms with Crippen LogP contribution in [-0.2, 0) is 6.54 Å². The molecule has 1 N–H and O–H groups in total. The number of nitrogens with one attached hydrogen (secondary N) is 1. The minimum atomic E-state index is 0.574. The van der Waals surface area contributed by atoms with Gasteiger partial charge >= 0.3 is 0 Å². The predicted octanol–water partition coefficient (Wildman–Crippen LogP) is 1.89. The minimum Gasteiger partial charge on any atom is -0.493 e. The van der Waals surface area contributed by atoms with Crippen molar-refractivity contribution in [1.82, 2.24) is 10.2 Å². The fourth-order valence-corrected chi connectivity index (χ4v) is 2.56. The van der Waals surface area contributed by atoms with Gasteiger partial charge in [0.05, 0.1) is 13.7 Å². The first-order chi connectivity index (χ1) is 9.24. The maximum absolute atomic E-state index is 5.60. The monoisotopic (exact) mass is 264 g/mol. The lowest BCUT2D eigenvalue weighted by atomic mass is 10.1. The molecule has 0 saturated carbocycles. The molecule has 1 aliphatic rings. The van der Waals surface area contributed by atoms with E-state index in [0.717, 1.165) is 30.2 Å². The second-order valence-corrected chi connectivity index (χ2v) is 5.01. The summed E-state index contributed by atoms with van der Waals surface area (Å²) in [6, 6.07) is 6.64. The largest absolute Gasteiger partial charge is 0.493 e. The number of benzene rings is 1. The maximum atomic E-state index is 5.60. The van der Waals surface area contributed by atoms with E-state index in [1.54, 1.807) is 7.11 Å². The van der Waals surface area contributed by atoms with Crippen molar-refractivity contribution < 1.29 is 9.47 Å². The van der Waals surface area contributed by atoms with Gasteiger partial charge in [0.2, 0.25) is 0 Å². The number of hydrogen-bond donors (Lipinski definition) is 1. The molecule has 0 aliphatic carbocycles. The van der Waals surface area contributed by atoms with Gasteiger partial charge in [-0.3, -0.25) is 0 Å². The summed E-state index contributed by atoms with van der Waals surface area (Å²) in [6.45, 7) is 5.75. The lowest BCUT2D eigenvalue weighted by Gasteiger charge is -2.16. The molecule has 0 spiro atoms. The zero-order chi connectivity index (χ0) is 13.7. The summed E-state index contributed by atoms with van der Waals surface area (Å²) in [5, 5.41) is 3.60. The fraction of sp³-hybridized carbons (Fsp3) is 0.600. The van der Waals surface area contributed by atoms with Gasteiger partial charge < -0.3 is 19.7 Å². The zero-order valence-corrected chi connectivity index (χ0v) is 12.1. The molecule has 0 aromatic heterocycles. The topological polar surface area (TPSA) is 33.7 Å². The molecule has 1 fully saturated rings. The first kappa shape index (κ1) is 14.2. The third-order valence-corrected chi connectivity index (χ3v) is 3.54. The van der Waals surface area contributed by atoms with Crippen molar-refractivity contribution in [3.05, 3.63) is 23.8 Å². The minimum absolute atomic E-state index is 0.574. The number of methoxy groups -OCH3 is 1. The smallest absolute Gasteiger partial charge is 0.165 e. The van der Waals surface area contributed by atoms with Crippen LogP contribution in [0.4, 0.5) is 0 Å². The van der Waals surface area contributed by atoms with Crippen LogP contribution in [0.25, 0.3) is 0 Å². The standard InChI is InChI=1S/C15H24N2O2/c1-4-19-14-7-5-6-12(15(14)18-3)10-16-13-8-9-17(2)11-13/h5-7,13,16H,4,8-11H2,1-3H3. The zero-order valence-electron chi connectivity index (χ0n) is 12.1. The molecule has 0 bridgehead atoms. The van der Waals surface area contributed by atoms with Gasteiger partial charge in [0.15, 0.2) is 11.5 Å². The van der Waals surface area contributed by atoms with Crippen molar-refractivity contribution in [2.24, 2.45) is 0 Å². The molecule has 1 aromatic carbocycles. The number of nitrogens with zero attached hydrogens (tertiary/aromatic N) is 1. The van der Waals surface area contributed by atoms with E-state index in [1.165, 1.54) is 13.0 Å². The summed E-state index contributed by atoms with van der Waals surface area (Å²) in [7, 11) is 3.86. The van der Waals surface area contributed by atoms with Crippen LogP contribution < -0.4 is 14.8 Å². The molecule has 106 valence electrons. The SMILES string of the molecule is CCOc1cccc(CNC2CCN(C)C2)c1OC. The maximum Gasteiger partial charge on any atom is 0.165 e. The average molecular weight is 264 g/mol. The molecular weight excluding hydrogens is 240 g/mol. The average Bonchev–Trinajstić information content (AvgIpc) is 2.83. The first-order valence-corrected chi connectivity index (χ1v) is 6.95. The summed E-state index contributed by atoms with van der Waals surface area (Å²) in [5.41, 5.74) is 1.16. The Bertz CT molecular complexity index is 409. The molecule has 4 heteroatoms. The summed E-state index contributed by atoms with van der Waals surface area (Å²) < 4.78 is 11.1. The summed E-state index contributed by atoms with van der Waals surface area (Å²) in [4.78, 5) is 2.35. The van der Waals surface area contributed by atoms with Crippen molar-refractivity contribution in [3.8, 4) is 11.5 Å². The molecular formula is C15H24N2O2. The second kappa shape index (κ2) is 6.78. The highest BCUT2D eigenvalue weighted by atomic mass is 16.5. The second-order valence-electron chi connectivity index (χ2n) is 5.01. The number of hydrogen-bond acceptors (Lipinski definition) is 4. The number of likely N-dealkylation sites (tertiary alicyclic amines) is 1. The van der Waals surface area contributed by atoms with Crippen molar-refractivity contribution >= 4 is 0 Å². The van der Waals surface area contributed by atoms with Gasteiger partial charge in [0, 0.05) is 24.7 Å². The van der Waals surface area contributed by atoms with Crippen LogP contribution in [0.2, 0.25) is 0 Å². The van der Waals surface area contributed by atoms with Gasteiger partial charge in [-0.05, 0) is 33.0 Å².